The van der Waals surface area contributed by atoms with Crippen LogP contribution >= 0.6 is 0 Å². The summed E-state index contributed by atoms with van der Waals surface area (Å²) in [7, 11) is 0. The molecule has 0 aliphatic heterocycles. The van der Waals surface area contributed by atoms with Crippen LogP contribution in [0.25, 0.3) is 16.9 Å². The second-order valence-corrected chi connectivity index (χ2v) is 6.68. The molecule has 162 valence electrons. The SMILES string of the molecule is CCOC(F)(F)c1nnc2cnc(-c3ccc(O[C@H](C(C)C)C(F)(F)F)nc3)cn12. The fraction of sp³-hybridized carbons (Fsp3) is 0.444. The highest BCUT2D eigenvalue weighted by Crippen LogP contribution is 2.31. The molecular formula is C18H18F5N5O2. The van der Waals surface area contributed by atoms with Gasteiger partial charge >= 0.3 is 12.3 Å². The Balaban J connectivity index is 1.89. The van der Waals surface area contributed by atoms with E-state index in [2.05, 4.69) is 24.9 Å². The van der Waals surface area contributed by atoms with Gasteiger partial charge in [0.05, 0.1) is 18.5 Å². The highest BCUT2D eigenvalue weighted by atomic mass is 19.4. The van der Waals surface area contributed by atoms with Gasteiger partial charge in [-0.1, -0.05) is 13.8 Å². The molecule has 0 spiro atoms. The van der Waals surface area contributed by atoms with Crippen LogP contribution in [-0.2, 0) is 10.8 Å². The van der Waals surface area contributed by atoms with E-state index in [4.69, 9.17) is 4.74 Å². The monoisotopic (exact) mass is 431 g/mol. The molecule has 0 amide bonds. The number of aromatic nitrogens is 5. The van der Waals surface area contributed by atoms with Crippen LogP contribution in [0.15, 0.2) is 30.7 Å². The average Bonchev–Trinajstić information content (AvgIpc) is 3.09. The third-order valence-corrected chi connectivity index (χ3v) is 4.09. The predicted molar refractivity (Wildman–Crippen MR) is 94.8 cm³/mol. The van der Waals surface area contributed by atoms with E-state index in [1.807, 2.05) is 0 Å². The van der Waals surface area contributed by atoms with Crippen molar-refractivity contribution in [1.82, 2.24) is 24.6 Å². The Bertz CT molecular complexity index is 1000. The van der Waals surface area contributed by atoms with Crippen molar-refractivity contribution < 1.29 is 31.4 Å². The minimum atomic E-state index is -4.54. The third kappa shape index (κ3) is 4.48. The molecule has 3 rings (SSSR count). The topological polar surface area (TPSA) is 74.4 Å². The van der Waals surface area contributed by atoms with Gasteiger partial charge < -0.3 is 9.47 Å². The summed E-state index contributed by atoms with van der Waals surface area (Å²) in [6.07, 6.45) is -6.48. The lowest BCUT2D eigenvalue weighted by atomic mass is 10.1. The van der Waals surface area contributed by atoms with Gasteiger partial charge in [0.2, 0.25) is 11.7 Å². The molecular weight excluding hydrogens is 413 g/mol. The molecule has 0 fully saturated rings. The lowest BCUT2D eigenvalue weighted by Crippen LogP contribution is -2.39. The summed E-state index contributed by atoms with van der Waals surface area (Å²) in [5.74, 6) is -1.75. The first kappa shape index (κ1) is 21.8. The van der Waals surface area contributed by atoms with Gasteiger partial charge in [0, 0.05) is 24.0 Å². The minimum Gasteiger partial charge on any atom is -0.464 e. The lowest BCUT2D eigenvalue weighted by molar-refractivity contribution is -0.251. The van der Waals surface area contributed by atoms with E-state index in [0.29, 0.717) is 5.56 Å². The molecule has 30 heavy (non-hydrogen) atoms. The average molecular weight is 431 g/mol. The number of hydrogen-bond acceptors (Lipinski definition) is 6. The van der Waals surface area contributed by atoms with Gasteiger partial charge in [0.1, 0.15) is 0 Å². The Morgan fingerprint density at radius 1 is 1.03 bits per heavy atom. The summed E-state index contributed by atoms with van der Waals surface area (Å²) < 4.78 is 77.8. The summed E-state index contributed by atoms with van der Waals surface area (Å²) in [5, 5.41) is 7.10. The molecule has 0 aromatic carbocycles. The van der Waals surface area contributed by atoms with Crippen LogP contribution in [0.4, 0.5) is 22.0 Å². The second-order valence-electron chi connectivity index (χ2n) is 6.68. The lowest BCUT2D eigenvalue weighted by Gasteiger charge is -2.24. The van der Waals surface area contributed by atoms with Gasteiger partial charge in [-0.3, -0.25) is 9.38 Å². The molecule has 0 bridgehead atoms. The van der Waals surface area contributed by atoms with Gasteiger partial charge in [-0.15, -0.1) is 10.2 Å². The fourth-order valence-corrected chi connectivity index (χ4v) is 2.71. The maximum Gasteiger partial charge on any atom is 0.425 e. The molecule has 3 aromatic heterocycles. The third-order valence-electron chi connectivity index (χ3n) is 4.09. The zero-order valence-electron chi connectivity index (χ0n) is 16.2. The predicted octanol–water partition coefficient (Wildman–Crippen LogP) is 4.24. The number of hydrogen-bond donors (Lipinski definition) is 0. The number of rotatable bonds is 7. The first-order valence-corrected chi connectivity index (χ1v) is 8.95. The Labute approximate surface area is 167 Å². The minimum absolute atomic E-state index is 0.0750. The maximum atomic E-state index is 14.1. The number of fused-ring (bicyclic) bond motifs is 1. The van der Waals surface area contributed by atoms with Crippen molar-refractivity contribution in [2.45, 2.75) is 39.2 Å². The van der Waals surface area contributed by atoms with Crippen molar-refractivity contribution in [2.24, 2.45) is 5.92 Å². The standard InChI is InChI=1S/C18H18F5N5O2/c1-4-29-18(22,23)16-27-26-13-8-24-12(9-28(13)16)11-5-6-14(25-7-11)30-15(10(2)3)17(19,20)21/h5-10,15H,4H2,1-3H3/t15-/m1/s1. The van der Waals surface area contributed by atoms with Crippen LogP contribution < -0.4 is 4.74 Å². The van der Waals surface area contributed by atoms with Crippen molar-refractivity contribution in [2.75, 3.05) is 6.61 Å². The quantitative estimate of drug-likeness (QED) is 0.521. The molecule has 0 unspecified atom stereocenters. The highest BCUT2D eigenvalue weighted by Gasteiger charge is 2.44. The number of ether oxygens (including phenoxy) is 2. The summed E-state index contributed by atoms with van der Waals surface area (Å²) in [6.45, 7) is 3.96. The molecule has 7 nitrogen and oxygen atoms in total. The Morgan fingerprint density at radius 2 is 1.77 bits per heavy atom. The molecule has 12 heteroatoms. The maximum absolute atomic E-state index is 14.1. The van der Waals surface area contributed by atoms with Gasteiger partial charge in [0.15, 0.2) is 11.8 Å². The van der Waals surface area contributed by atoms with Crippen LogP contribution in [-0.4, -0.2) is 43.5 Å². The van der Waals surface area contributed by atoms with E-state index in [0.717, 1.165) is 4.40 Å². The summed E-state index contributed by atoms with van der Waals surface area (Å²) in [4.78, 5) is 7.99. The number of halogens is 5. The van der Waals surface area contributed by atoms with Gasteiger partial charge in [-0.2, -0.15) is 22.0 Å². The van der Waals surface area contributed by atoms with E-state index in [1.165, 1.54) is 51.5 Å². The molecule has 0 radical (unpaired) electrons. The first-order chi connectivity index (χ1) is 14.0. The van der Waals surface area contributed by atoms with Crippen LogP contribution in [0.1, 0.15) is 26.6 Å². The van der Waals surface area contributed by atoms with Crippen LogP contribution in [0.3, 0.4) is 0 Å². The van der Waals surface area contributed by atoms with Crippen molar-refractivity contribution >= 4 is 5.65 Å². The number of nitrogens with zero attached hydrogens (tertiary/aromatic N) is 5. The van der Waals surface area contributed by atoms with Crippen LogP contribution in [0.5, 0.6) is 5.88 Å². The normalized spacial score (nSPS) is 13.8. The summed E-state index contributed by atoms with van der Waals surface area (Å²) >= 11 is 0. The largest absolute Gasteiger partial charge is 0.464 e. The zero-order chi connectivity index (χ0) is 22.1. The molecule has 0 N–H and O–H groups in total. The van der Waals surface area contributed by atoms with Gasteiger partial charge in [-0.05, 0) is 18.9 Å². The first-order valence-electron chi connectivity index (χ1n) is 8.95. The molecule has 0 aliphatic carbocycles. The summed E-state index contributed by atoms with van der Waals surface area (Å²) in [5.41, 5.74) is 0.675. The fourth-order valence-electron chi connectivity index (χ4n) is 2.71. The molecule has 0 saturated heterocycles. The molecule has 3 heterocycles. The van der Waals surface area contributed by atoms with Gasteiger partial charge in [0.25, 0.3) is 0 Å². The Kier molecular flexibility index (Phi) is 5.88. The van der Waals surface area contributed by atoms with Crippen molar-refractivity contribution in [3.63, 3.8) is 0 Å². The van der Waals surface area contributed by atoms with E-state index in [1.54, 1.807) is 0 Å². The van der Waals surface area contributed by atoms with E-state index in [-0.39, 0.29) is 23.8 Å². The van der Waals surface area contributed by atoms with Crippen molar-refractivity contribution in [3.05, 3.63) is 36.5 Å². The summed E-state index contributed by atoms with van der Waals surface area (Å²) in [6, 6.07) is 2.68. The molecule has 1 atom stereocenters. The molecule has 0 saturated carbocycles. The second kappa shape index (κ2) is 8.09. The molecule has 0 aliphatic rings. The zero-order valence-corrected chi connectivity index (χ0v) is 16.2. The van der Waals surface area contributed by atoms with Crippen molar-refractivity contribution in [3.8, 4) is 17.1 Å². The number of pyridine rings is 1. The smallest absolute Gasteiger partial charge is 0.425 e. The van der Waals surface area contributed by atoms with Gasteiger partial charge in [-0.25, -0.2) is 4.98 Å². The van der Waals surface area contributed by atoms with Crippen molar-refractivity contribution in [1.29, 1.82) is 0 Å². The highest BCUT2D eigenvalue weighted by molar-refractivity contribution is 5.59. The van der Waals surface area contributed by atoms with Crippen LogP contribution in [0, 0.1) is 5.92 Å². The molecule has 3 aromatic rings. The van der Waals surface area contributed by atoms with E-state index in [9.17, 15) is 22.0 Å². The number of alkyl halides is 5. The van der Waals surface area contributed by atoms with E-state index >= 15 is 0 Å². The van der Waals surface area contributed by atoms with E-state index < -0.39 is 30.1 Å². The Morgan fingerprint density at radius 3 is 2.33 bits per heavy atom. The van der Waals surface area contributed by atoms with Crippen LogP contribution in [0.2, 0.25) is 0 Å². The Hall–Kier alpha value is -2.89.